The number of carbonyl (C=O) groups is 2. The highest BCUT2D eigenvalue weighted by atomic mass is 16.5. The van der Waals surface area contributed by atoms with Gasteiger partial charge < -0.3 is 14.7 Å². The lowest BCUT2D eigenvalue weighted by atomic mass is 10.2. The molecule has 0 aliphatic carbocycles. The van der Waals surface area contributed by atoms with Crippen molar-refractivity contribution >= 4 is 18.2 Å². The fourth-order valence-corrected chi connectivity index (χ4v) is 2.45. The molecule has 2 N–H and O–H groups in total. The van der Waals surface area contributed by atoms with Crippen molar-refractivity contribution in [1.29, 1.82) is 0 Å². The maximum atomic E-state index is 12.5. The zero-order valence-corrected chi connectivity index (χ0v) is 14.7. The molecule has 0 unspecified atom stereocenters. The third-order valence-corrected chi connectivity index (χ3v) is 3.80. The molecule has 0 atom stereocenters. The first kappa shape index (κ1) is 18.8. The van der Waals surface area contributed by atoms with Crippen molar-refractivity contribution in [3.8, 4) is 0 Å². The second kappa shape index (κ2) is 9.13. The molecule has 0 saturated carbocycles. The number of hydrogen-bond donors (Lipinski definition) is 2. The topological polar surface area (TPSA) is 114 Å². The van der Waals surface area contributed by atoms with Crippen molar-refractivity contribution in [3.05, 3.63) is 88.7 Å². The minimum atomic E-state index is -0.802. The van der Waals surface area contributed by atoms with Crippen molar-refractivity contribution in [1.82, 2.24) is 10.2 Å². The van der Waals surface area contributed by atoms with Crippen LogP contribution in [0.4, 0.5) is 0 Å². The number of oxime groups is 1. The Morgan fingerprint density at radius 1 is 0.929 bits per heavy atom. The van der Waals surface area contributed by atoms with Crippen molar-refractivity contribution in [3.63, 3.8) is 0 Å². The lowest BCUT2D eigenvalue weighted by Gasteiger charge is -2.07. The van der Waals surface area contributed by atoms with Crippen molar-refractivity contribution in [2.24, 2.45) is 5.16 Å². The Balaban J connectivity index is 1.75. The van der Waals surface area contributed by atoms with E-state index in [-0.39, 0.29) is 30.2 Å². The largest absolute Gasteiger partial charge is 0.457 e. The number of aromatic amines is 1. The number of hydrogen-bond acceptors (Lipinski definition) is 7. The SMILES string of the molecule is O=C(OCc1ccccc1)c1n[nH]c(/C=N/O)c1C(=O)OCc1ccccc1. The summed E-state index contributed by atoms with van der Waals surface area (Å²) < 4.78 is 10.5. The van der Waals surface area contributed by atoms with Gasteiger partial charge >= 0.3 is 11.9 Å². The van der Waals surface area contributed by atoms with Gasteiger partial charge in [-0.25, -0.2) is 9.59 Å². The number of carbonyl (C=O) groups excluding carboxylic acids is 2. The standard InChI is InChI=1S/C20H17N3O5/c24-19(27-12-14-7-3-1-4-8-14)17-16(11-21-26)22-23-18(17)20(25)28-13-15-9-5-2-6-10-15/h1-11,26H,12-13H2,(H,22,23)/b21-11+. The number of nitrogens with zero attached hydrogens (tertiary/aromatic N) is 2. The molecular weight excluding hydrogens is 362 g/mol. The Morgan fingerprint density at radius 2 is 1.46 bits per heavy atom. The smallest absolute Gasteiger partial charge is 0.360 e. The molecule has 3 aromatic rings. The van der Waals surface area contributed by atoms with E-state index in [0.717, 1.165) is 17.3 Å². The first-order valence-electron chi connectivity index (χ1n) is 8.37. The van der Waals surface area contributed by atoms with Crippen molar-refractivity contribution < 1.29 is 24.3 Å². The number of ether oxygens (including phenoxy) is 2. The molecule has 2 aromatic carbocycles. The van der Waals surface area contributed by atoms with Gasteiger partial charge in [0.25, 0.3) is 0 Å². The molecule has 8 heteroatoms. The third kappa shape index (κ3) is 4.61. The van der Waals surface area contributed by atoms with Crippen molar-refractivity contribution in [2.45, 2.75) is 13.2 Å². The normalized spacial score (nSPS) is 10.7. The maximum absolute atomic E-state index is 12.5. The van der Waals surface area contributed by atoms with Crippen LogP contribution >= 0.6 is 0 Å². The fraction of sp³-hybridized carbons (Fsp3) is 0.100. The minimum absolute atomic E-state index is 0.0130. The zero-order valence-electron chi connectivity index (χ0n) is 14.7. The van der Waals surface area contributed by atoms with Gasteiger partial charge in [-0.15, -0.1) is 0 Å². The first-order valence-corrected chi connectivity index (χ1v) is 8.37. The second-order valence-corrected chi connectivity index (χ2v) is 5.73. The molecule has 0 amide bonds. The highest BCUT2D eigenvalue weighted by Gasteiger charge is 2.27. The maximum Gasteiger partial charge on any atom is 0.360 e. The predicted molar refractivity (Wildman–Crippen MR) is 99.1 cm³/mol. The quantitative estimate of drug-likeness (QED) is 0.282. The Bertz CT molecular complexity index is 968. The summed E-state index contributed by atoms with van der Waals surface area (Å²) >= 11 is 0. The third-order valence-electron chi connectivity index (χ3n) is 3.80. The highest BCUT2D eigenvalue weighted by Crippen LogP contribution is 2.15. The summed E-state index contributed by atoms with van der Waals surface area (Å²) in [6, 6.07) is 18.2. The van der Waals surface area contributed by atoms with E-state index in [2.05, 4.69) is 15.4 Å². The molecule has 28 heavy (non-hydrogen) atoms. The molecule has 0 aliphatic heterocycles. The average Bonchev–Trinajstić information content (AvgIpc) is 3.16. The Kier molecular flexibility index (Phi) is 6.14. The Hall–Kier alpha value is -3.94. The molecule has 3 rings (SSSR count). The van der Waals surface area contributed by atoms with E-state index in [0.29, 0.717) is 0 Å². The van der Waals surface area contributed by atoms with Gasteiger partial charge in [0.15, 0.2) is 5.69 Å². The van der Waals surface area contributed by atoms with Crippen LogP contribution in [0.2, 0.25) is 0 Å². The number of rotatable bonds is 7. The average molecular weight is 379 g/mol. The molecule has 0 saturated heterocycles. The fourth-order valence-electron chi connectivity index (χ4n) is 2.45. The van der Waals surface area contributed by atoms with Crippen LogP contribution in [0.15, 0.2) is 65.8 Å². The summed E-state index contributed by atoms with van der Waals surface area (Å²) in [6.45, 7) is 0.0352. The van der Waals surface area contributed by atoms with Gasteiger partial charge in [-0.05, 0) is 11.1 Å². The summed E-state index contributed by atoms with van der Waals surface area (Å²) in [4.78, 5) is 25.0. The van der Waals surface area contributed by atoms with Crippen LogP contribution in [0.25, 0.3) is 0 Å². The molecule has 1 heterocycles. The lowest BCUT2D eigenvalue weighted by molar-refractivity contribution is 0.0422. The summed E-state index contributed by atoms with van der Waals surface area (Å²) in [5, 5.41) is 18.0. The van der Waals surface area contributed by atoms with Gasteiger partial charge in [0.05, 0.1) is 11.9 Å². The van der Waals surface area contributed by atoms with Crippen LogP contribution < -0.4 is 0 Å². The van der Waals surface area contributed by atoms with Crippen LogP contribution in [0, 0.1) is 0 Å². The summed E-state index contributed by atoms with van der Waals surface area (Å²) in [5.74, 6) is -1.59. The van der Waals surface area contributed by atoms with E-state index < -0.39 is 11.9 Å². The number of aromatic nitrogens is 2. The molecule has 142 valence electrons. The molecular formula is C20H17N3O5. The monoisotopic (exact) mass is 379 g/mol. The van der Waals surface area contributed by atoms with Crippen LogP contribution in [0.3, 0.4) is 0 Å². The first-order chi connectivity index (χ1) is 13.7. The molecule has 0 spiro atoms. The number of benzene rings is 2. The lowest BCUT2D eigenvalue weighted by Crippen LogP contribution is -2.14. The summed E-state index contributed by atoms with van der Waals surface area (Å²) in [7, 11) is 0. The van der Waals surface area contributed by atoms with E-state index in [1.54, 1.807) is 24.3 Å². The van der Waals surface area contributed by atoms with Crippen molar-refractivity contribution in [2.75, 3.05) is 0 Å². The predicted octanol–water partition coefficient (Wildman–Crippen LogP) is 2.93. The van der Waals surface area contributed by atoms with Crippen LogP contribution in [-0.2, 0) is 22.7 Å². The number of esters is 2. The van der Waals surface area contributed by atoms with E-state index in [4.69, 9.17) is 14.7 Å². The number of nitrogens with one attached hydrogen (secondary N) is 1. The van der Waals surface area contributed by atoms with Crippen LogP contribution in [0.5, 0.6) is 0 Å². The molecule has 1 aromatic heterocycles. The number of H-pyrrole nitrogens is 1. The van der Waals surface area contributed by atoms with E-state index in [9.17, 15) is 9.59 Å². The van der Waals surface area contributed by atoms with E-state index >= 15 is 0 Å². The van der Waals surface area contributed by atoms with Gasteiger partial charge in [0.1, 0.15) is 18.8 Å². The van der Waals surface area contributed by atoms with E-state index in [1.807, 2.05) is 36.4 Å². The minimum Gasteiger partial charge on any atom is -0.457 e. The molecule has 0 aliphatic rings. The molecule has 0 radical (unpaired) electrons. The second-order valence-electron chi connectivity index (χ2n) is 5.73. The zero-order chi connectivity index (χ0) is 19.8. The summed E-state index contributed by atoms with van der Waals surface area (Å²) in [5.41, 5.74) is 1.20. The Labute approximate surface area is 160 Å². The molecule has 0 fully saturated rings. The van der Waals surface area contributed by atoms with Gasteiger partial charge in [-0.2, -0.15) is 5.10 Å². The van der Waals surface area contributed by atoms with Gasteiger partial charge in [-0.3, -0.25) is 5.10 Å². The van der Waals surface area contributed by atoms with Gasteiger partial charge in [0.2, 0.25) is 0 Å². The van der Waals surface area contributed by atoms with Gasteiger partial charge in [0, 0.05) is 0 Å². The molecule has 0 bridgehead atoms. The molecule has 8 nitrogen and oxygen atoms in total. The highest BCUT2D eigenvalue weighted by molar-refractivity contribution is 6.06. The van der Waals surface area contributed by atoms with Gasteiger partial charge in [-0.1, -0.05) is 65.8 Å². The van der Waals surface area contributed by atoms with E-state index in [1.165, 1.54) is 0 Å². The summed E-state index contributed by atoms with van der Waals surface area (Å²) in [6.07, 6.45) is 0.958. The van der Waals surface area contributed by atoms with Crippen LogP contribution in [-0.4, -0.2) is 33.6 Å². The Morgan fingerprint density at radius 3 is 2.00 bits per heavy atom. The van der Waals surface area contributed by atoms with Crippen LogP contribution in [0.1, 0.15) is 37.7 Å².